The topological polar surface area (TPSA) is 32.7 Å². The Bertz CT molecular complexity index is 372. The molecule has 4 unspecified atom stereocenters. The lowest BCUT2D eigenvalue weighted by Crippen LogP contribution is -2.68. The van der Waals surface area contributed by atoms with Crippen LogP contribution < -0.4 is 0 Å². The molecule has 0 aromatic heterocycles. The number of aliphatic hydroxyl groups excluding tert-OH is 1. The normalized spacial score (nSPS) is 39.0. The fraction of sp³-hybridized carbons (Fsp3) is 1.00. The van der Waals surface area contributed by atoms with Crippen LogP contribution >= 0.6 is 0 Å². The second-order valence-electron chi connectivity index (χ2n) is 8.75. The molecule has 1 N–H and O–H groups in total. The van der Waals surface area contributed by atoms with Crippen LogP contribution in [0.5, 0.6) is 0 Å². The summed E-state index contributed by atoms with van der Waals surface area (Å²) in [5.74, 6) is 1.06. The summed E-state index contributed by atoms with van der Waals surface area (Å²) < 4.78 is 5.78. The van der Waals surface area contributed by atoms with E-state index in [1.807, 2.05) is 0 Å². The first-order valence-electron chi connectivity index (χ1n) is 9.27. The van der Waals surface area contributed by atoms with Gasteiger partial charge >= 0.3 is 0 Å². The minimum Gasteiger partial charge on any atom is -0.391 e. The summed E-state index contributed by atoms with van der Waals surface area (Å²) in [5, 5.41) is 11.2. The first kappa shape index (κ1) is 18.4. The van der Waals surface area contributed by atoms with Crippen molar-refractivity contribution >= 4 is 10.2 Å². The van der Waals surface area contributed by atoms with Gasteiger partial charge in [-0.1, -0.05) is 13.3 Å². The van der Waals surface area contributed by atoms with E-state index in [1.54, 1.807) is 0 Å². The van der Waals surface area contributed by atoms with Crippen molar-refractivity contribution in [3.05, 3.63) is 0 Å². The summed E-state index contributed by atoms with van der Waals surface area (Å²) >= 11 is 0. The highest BCUT2D eigenvalue weighted by molar-refractivity contribution is 6.11. The maximum atomic E-state index is 11.2. The van der Waals surface area contributed by atoms with E-state index in [-0.39, 0.29) is 17.2 Å². The van der Waals surface area contributed by atoms with Gasteiger partial charge in [-0.3, -0.25) is 4.90 Å². The fourth-order valence-electron chi connectivity index (χ4n) is 5.02. The zero-order valence-corrected chi connectivity index (χ0v) is 17.6. The van der Waals surface area contributed by atoms with E-state index >= 15 is 0 Å². The quantitative estimate of drug-likeness (QED) is 0.803. The van der Waals surface area contributed by atoms with Gasteiger partial charge in [-0.2, -0.15) is 0 Å². The molecular weight excluding hydrogens is 290 g/mol. The van der Waals surface area contributed by atoms with Crippen molar-refractivity contribution in [2.45, 2.75) is 89.6 Å². The molecule has 3 nitrogen and oxygen atoms in total. The Morgan fingerprint density at radius 1 is 1.27 bits per heavy atom. The third kappa shape index (κ3) is 3.60. The van der Waals surface area contributed by atoms with Crippen LogP contribution in [0.3, 0.4) is 0 Å². The molecule has 0 bridgehead atoms. The van der Waals surface area contributed by atoms with E-state index in [9.17, 15) is 5.11 Å². The van der Waals surface area contributed by atoms with E-state index < -0.39 is 0 Å². The van der Waals surface area contributed by atoms with E-state index in [0.29, 0.717) is 17.6 Å². The van der Waals surface area contributed by atoms with Gasteiger partial charge in [0, 0.05) is 33.7 Å². The highest BCUT2D eigenvalue weighted by Gasteiger charge is 2.52. The average Bonchev–Trinajstić information content (AvgIpc) is 2.43. The van der Waals surface area contributed by atoms with Gasteiger partial charge in [-0.05, 0) is 71.8 Å². The molecule has 0 amide bonds. The Balaban J connectivity index is 2.19. The van der Waals surface area contributed by atoms with E-state index in [1.165, 1.54) is 12.8 Å². The SMILES string of the molecule is CCCCN1C(C)(C)CC(C2CCOC([SiH3])C2)C(O)C1(C)C. The molecule has 4 heteroatoms. The van der Waals surface area contributed by atoms with Crippen LogP contribution in [0, 0.1) is 11.8 Å². The number of hydrogen-bond donors (Lipinski definition) is 1. The maximum Gasteiger partial charge on any atom is 0.0750 e. The highest BCUT2D eigenvalue weighted by Crippen LogP contribution is 2.46. The molecule has 2 aliphatic rings. The molecule has 0 aromatic carbocycles. The number of piperidine rings is 1. The lowest BCUT2D eigenvalue weighted by molar-refractivity contribution is -0.156. The number of unbranched alkanes of at least 4 members (excludes halogenated alkanes) is 1. The number of hydrogen-bond acceptors (Lipinski definition) is 3. The molecule has 22 heavy (non-hydrogen) atoms. The first-order chi connectivity index (χ1) is 10.2. The third-order valence-corrected chi connectivity index (χ3v) is 6.96. The van der Waals surface area contributed by atoms with Crippen molar-refractivity contribution in [1.82, 2.24) is 4.90 Å². The first-order valence-corrected chi connectivity index (χ1v) is 10.4. The van der Waals surface area contributed by atoms with Gasteiger partial charge < -0.3 is 9.84 Å². The van der Waals surface area contributed by atoms with Gasteiger partial charge in [-0.15, -0.1) is 0 Å². The zero-order valence-electron chi connectivity index (χ0n) is 15.6. The molecule has 2 aliphatic heterocycles. The molecule has 130 valence electrons. The smallest absolute Gasteiger partial charge is 0.0750 e. The second kappa shape index (κ2) is 6.92. The van der Waals surface area contributed by atoms with Crippen LogP contribution in [0.4, 0.5) is 0 Å². The Morgan fingerprint density at radius 3 is 2.55 bits per heavy atom. The molecule has 4 atom stereocenters. The van der Waals surface area contributed by atoms with Crippen LogP contribution in [-0.4, -0.2) is 56.3 Å². The number of ether oxygens (including phenoxy) is 1. The van der Waals surface area contributed by atoms with Crippen molar-refractivity contribution in [2.75, 3.05) is 13.2 Å². The summed E-state index contributed by atoms with van der Waals surface area (Å²) in [4.78, 5) is 2.57. The molecular formula is C18H37NO2Si. The summed E-state index contributed by atoms with van der Waals surface area (Å²) in [6.07, 6.45) is 5.60. The maximum absolute atomic E-state index is 11.2. The lowest BCUT2D eigenvalue weighted by atomic mass is 9.65. The Kier molecular flexibility index (Phi) is 5.80. The van der Waals surface area contributed by atoms with Gasteiger partial charge in [0.25, 0.3) is 0 Å². The summed E-state index contributed by atoms with van der Waals surface area (Å²) in [6, 6.07) is 0. The molecule has 2 heterocycles. The summed E-state index contributed by atoms with van der Waals surface area (Å²) in [6.45, 7) is 13.5. The van der Waals surface area contributed by atoms with Crippen molar-refractivity contribution in [2.24, 2.45) is 11.8 Å². The van der Waals surface area contributed by atoms with Gasteiger partial charge in [0.1, 0.15) is 0 Å². The second-order valence-corrected chi connectivity index (χ2v) is 10.0. The van der Waals surface area contributed by atoms with Crippen LogP contribution in [0.15, 0.2) is 0 Å². The van der Waals surface area contributed by atoms with E-state index in [4.69, 9.17) is 4.74 Å². The van der Waals surface area contributed by atoms with E-state index in [0.717, 1.165) is 42.7 Å². The van der Waals surface area contributed by atoms with E-state index in [2.05, 4.69) is 39.5 Å². The Morgan fingerprint density at radius 2 is 1.95 bits per heavy atom. The van der Waals surface area contributed by atoms with Gasteiger partial charge in [0.2, 0.25) is 0 Å². The lowest BCUT2D eigenvalue weighted by Gasteiger charge is -2.59. The predicted octanol–water partition coefficient (Wildman–Crippen LogP) is 2.14. The molecule has 2 saturated heterocycles. The Hall–Kier alpha value is 0.0969. The zero-order chi connectivity index (χ0) is 16.5. The van der Waals surface area contributed by atoms with Gasteiger partial charge in [0.05, 0.1) is 6.10 Å². The molecule has 0 saturated carbocycles. The summed E-state index contributed by atoms with van der Waals surface area (Å²) in [7, 11) is 1.11. The van der Waals surface area contributed by atoms with Crippen molar-refractivity contribution < 1.29 is 9.84 Å². The molecule has 2 rings (SSSR count). The minimum absolute atomic E-state index is 0.138. The van der Waals surface area contributed by atoms with Crippen LogP contribution in [0.2, 0.25) is 0 Å². The molecule has 0 spiro atoms. The predicted molar refractivity (Wildman–Crippen MR) is 96.3 cm³/mol. The number of nitrogens with zero attached hydrogens (tertiary/aromatic N) is 1. The Labute approximate surface area is 140 Å². The molecule has 2 fully saturated rings. The van der Waals surface area contributed by atoms with Crippen molar-refractivity contribution in [3.63, 3.8) is 0 Å². The molecule has 0 radical (unpaired) electrons. The fourth-order valence-corrected chi connectivity index (χ4v) is 5.86. The molecule has 0 aromatic rings. The number of likely N-dealkylation sites (tertiary alicyclic amines) is 1. The highest BCUT2D eigenvalue weighted by atomic mass is 28.1. The largest absolute Gasteiger partial charge is 0.391 e. The van der Waals surface area contributed by atoms with Gasteiger partial charge in [0.15, 0.2) is 0 Å². The average molecular weight is 328 g/mol. The molecule has 0 aliphatic carbocycles. The van der Waals surface area contributed by atoms with Crippen LogP contribution in [-0.2, 0) is 4.74 Å². The number of rotatable bonds is 4. The monoisotopic (exact) mass is 327 g/mol. The summed E-state index contributed by atoms with van der Waals surface area (Å²) in [5.41, 5.74) is 0.512. The minimum atomic E-state index is -0.227. The van der Waals surface area contributed by atoms with Crippen molar-refractivity contribution in [1.29, 1.82) is 0 Å². The van der Waals surface area contributed by atoms with Crippen molar-refractivity contribution in [3.8, 4) is 0 Å². The standard InChI is InChI=1S/C18H37NO2Si/c1-6-7-9-19-17(2,3)12-14(16(20)18(19,4)5)13-8-10-21-15(22)11-13/h13-16,20H,6-12H2,1-5,22H3. The van der Waals surface area contributed by atoms with Crippen LogP contribution in [0.25, 0.3) is 0 Å². The number of aliphatic hydroxyl groups is 1. The van der Waals surface area contributed by atoms with Gasteiger partial charge in [-0.25, -0.2) is 0 Å². The van der Waals surface area contributed by atoms with Crippen LogP contribution in [0.1, 0.15) is 66.7 Å². The third-order valence-electron chi connectivity index (χ3n) is 6.16.